The summed E-state index contributed by atoms with van der Waals surface area (Å²) in [6, 6.07) is 10.9. The maximum atomic E-state index is 13.5. The summed E-state index contributed by atoms with van der Waals surface area (Å²) in [4.78, 5) is 23.8. The number of hydrogen-bond acceptors (Lipinski definition) is 5. The van der Waals surface area contributed by atoms with Crippen molar-refractivity contribution in [3.63, 3.8) is 0 Å². The summed E-state index contributed by atoms with van der Waals surface area (Å²) in [7, 11) is 0. The molecule has 0 aliphatic rings. The molecule has 11 heteroatoms. The molecule has 150 valence electrons. The number of carbonyl (C=O) groups excluding carboxylic acids is 2. The zero-order chi connectivity index (χ0) is 20.8. The summed E-state index contributed by atoms with van der Waals surface area (Å²) in [5.41, 5.74) is 0.307. The van der Waals surface area contributed by atoms with Crippen LogP contribution in [0.15, 0.2) is 53.9 Å². The van der Waals surface area contributed by atoms with Crippen LogP contribution in [0.3, 0.4) is 0 Å². The average Bonchev–Trinajstić information content (AvgIpc) is 3.20. The smallest absolute Gasteiger partial charge is 0.243 e. The van der Waals surface area contributed by atoms with Crippen molar-refractivity contribution in [3.8, 4) is 5.69 Å². The molecule has 0 aliphatic carbocycles. The monoisotopic (exact) mass is 421 g/mol. The van der Waals surface area contributed by atoms with Gasteiger partial charge in [0.1, 0.15) is 6.33 Å². The molecule has 3 aromatic rings. The molecule has 7 nitrogen and oxygen atoms in total. The number of thioether (sulfide) groups is 1. The highest BCUT2D eigenvalue weighted by Gasteiger charge is 2.16. The van der Waals surface area contributed by atoms with Gasteiger partial charge in [-0.1, -0.05) is 30.0 Å². The number of nitrogens with zero attached hydrogens (tertiary/aromatic N) is 3. The van der Waals surface area contributed by atoms with Gasteiger partial charge in [-0.3, -0.25) is 14.2 Å². The summed E-state index contributed by atoms with van der Waals surface area (Å²) in [5.74, 6) is -5.88. The van der Waals surface area contributed by atoms with Crippen LogP contribution in [0, 0.1) is 17.5 Å². The van der Waals surface area contributed by atoms with Crippen molar-refractivity contribution in [1.82, 2.24) is 20.1 Å². The molecule has 0 saturated heterocycles. The Hall–Kier alpha value is -3.34. The third-order valence-corrected chi connectivity index (χ3v) is 4.58. The quantitative estimate of drug-likeness (QED) is 0.452. The van der Waals surface area contributed by atoms with Crippen LogP contribution < -0.4 is 10.6 Å². The lowest BCUT2D eigenvalue weighted by Gasteiger charge is -2.09. The average molecular weight is 421 g/mol. The summed E-state index contributed by atoms with van der Waals surface area (Å²) in [5, 5.41) is 12.7. The van der Waals surface area contributed by atoms with E-state index in [0.717, 1.165) is 23.5 Å². The molecule has 0 radical (unpaired) electrons. The van der Waals surface area contributed by atoms with E-state index in [1.165, 1.54) is 6.33 Å². The van der Waals surface area contributed by atoms with Crippen molar-refractivity contribution in [3.05, 3.63) is 66.2 Å². The number of hydrogen-bond donors (Lipinski definition) is 2. The van der Waals surface area contributed by atoms with E-state index < -0.39 is 41.5 Å². The van der Waals surface area contributed by atoms with Crippen molar-refractivity contribution >= 4 is 29.3 Å². The molecule has 3 rings (SSSR count). The number of para-hydroxylation sites is 1. The van der Waals surface area contributed by atoms with Crippen molar-refractivity contribution in [2.24, 2.45) is 0 Å². The summed E-state index contributed by atoms with van der Waals surface area (Å²) in [6.07, 6.45) is 1.51. The van der Waals surface area contributed by atoms with Gasteiger partial charge in [0, 0.05) is 5.69 Å². The molecular formula is C18H14F3N5O2S. The molecule has 0 unspecified atom stereocenters. The summed E-state index contributed by atoms with van der Waals surface area (Å²) in [6.45, 7) is -0.469. The topological polar surface area (TPSA) is 88.9 Å². The van der Waals surface area contributed by atoms with E-state index in [1.807, 2.05) is 30.3 Å². The molecule has 0 saturated carbocycles. The van der Waals surface area contributed by atoms with Gasteiger partial charge in [0.2, 0.25) is 11.8 Å². The fraction of sp³-hybridized carbons (Fsp3) is 0.111. The number of benzene rings is 2. The predicted molar refractivity (Wildman–Crippen MR) is 100 cm³/mol. The molecule has 0 fully saturated rings. The molecule has 0 aliphatic heterocycles. The van der Waals surface area contributed by atoms with E-state index in [9.17, 15) is 22.8 Å². The first-order valence-corrected chi connectivity index (χ1v) is 9.22. The second-order valence-corrected chi connectivity index (χ2v) is 6.60. The van der Waals surface area contributed by atoms with E-state index in [2.05, 4.69) is 20.8 Å². The number of aromatic nitrogens is 3. The predicted octanol–water partition coefficient (Wildman–Crippen LogP) is 2.53. The van der Waals surface area contributed by atoms with Crippen LogP contribution in [-0.2, 0) is 9.59 Å². The molecule has 2 N–H and O–H groups in total. The van der Waals surface area contributed by atoms with Crippen LogP contribution in [-0.4, -0.2) is 38.9 Å². The van der Waals surface area contributed by atoms with Crippen LogP contribution in [0.5, 0.6) is 0 Å². The minimum absolute atomic E-state index is 0.0433. The molecule has 2 amide bonds. The number of anilines is 1. The van der Waals surface area contributed by atoms with Crippen LogP contribution in [0.25, 0.3) is 5.69 Å². The SMILES string of the molecule is O=C(CSc1nncn1-c1ccccc1)NCC(=O)Nc1ccc(F)c(F)c1F. The fourth-order valence-electron chi connectivity index (χ4n) is 2.27. The molecule has 0 spiro atoms. The second-order valence-electron chi connectivity index (χ2n) is 5.66. The Bertz CT molecular complexity index is 1030. The molecule has 0 atom stereocenters. The van der Waals surface area contributed by atoms with E-state index in [0.29, 0.717) is 11.2 Å². The lowest BCUT2D eigenvalue weighted by atomic mass is 10.2. The zero-order valence-electron chi connectivity index (χ0n) is 14.7. The Balaban J connectivity index is 1.49. The molecule has 0 bridgehead atoms. The Morgan fingerprint density at radius 1 is 1.00 bits per heavy atom. The number of carbonyl (C=O) groups is 2. The first-order chi connectivity index (χ1) is 14.0. The summed E-state index contributed by atoms with van der Waals surface area (Å²) < 4.78 is 41.3. The highest BCUT2D eigenvalue weighted by atomic mass is 32.2. The number of halogens is 3. The Kier molecular flexibility index (Phi) is 6.50. The van der Waals surface area contributed by atoms with E-state index in [1.54, 1.807) is 4.57 Å². The Morgan fingerprint density at radius 2 is 1.76 bits per heavy atom. The lowest BCUT2D eigenvalue weighted by molar-refractivity contribution is -0.122. The minimum Gasteiger partial charge on any atom is -0.346 e. The van der Waals surface area contributed by atoms with Gasteiger partial charge in [0.25, 0.3) is 0 Å². The Morgan fingerprint density at radius 3 is 2.52 bits per heavy atom. The first kappa shape index (κ1) is 20.4. The lowest BCUT2D eigenvalue weighted by Crippen LogP contribution is -2.34. The second kappa shape index (κ2) is 9.24. The van der Waals surface area contributed by atoms with Crippen LogP contribution >= 0.6 is 11.8 Å². The number of amides is 2. The molecule has 29 heavy (non-hydrogen) atoms. The molecule has 2 aromatic carbocycles. The van der Waals surface area contributed by atoms with Crippen molar-refractivity contribution < 1.29 is 22.8 Å². The van der Waals surface area contributed by atoms with Gasteiger partial charge in [-0.25, -0.2) is 13.2 Å². The maximum absolute atomic E-state index is 13.5. The van der Waals surface area contributed by atoms with Gasteiger partial charge in [-0.05, 0) is 24.3 Å². The molecule has 1 aromatic heterocycles. The van der Waals surface area contributed by atoms with Gasteiger partial charge in [-0.15, -0.1) is 10.2 Å². The first-order valence-electron chi connectivity index (χ1n) is 8.24. The zero-order valence-corrected chi connectivity index (χ0v) is 15.5. The number of nitrogens with one attached hydrogen (secondary N) is 2. The van der Waals surface area contributed by atoms with Gasteiger partial charge < -0.3 is 10.6 Å². The van der Waals surface area contributed by atoms with Crippen molar-refractivity contribution in [1.29, 1.82) is 0 Å². The highest BCUT2D eigenvalue weighted by Crippen LogP contribution is 2.20. The minimum atomic E-state index is -1.69. The third kappa shape index (κ3) is 5.13. The van der Waals surface area contributed by atoms with E-state index in [-0.39, 0.29) is 5.75 Å². The highest BCUT2D eigenvalue weighted by molar-refractivity contribution is 7.99. The third-order valence-electron chi connectivity index (χ3n) is 3.64. The molecular weight excluding hydrogens is 407 g/mol. The van der Waals surface area contributed by atoms with E-state index in [4.69, 9.17) is 0 Å². The van der Waals surface area contributed by atoms with Gasteiger partial charge >= 0.3 is 0 Å². The summed E-state index contributed by atoms with van der Waals surface area (Å²) >= 11 is 1.11. The van der Waals surface area contributed by atoms with Crippen molar-refractivity contribution in [2.75, 3.05) is 17.6 Å². The normalized spacial score (nSPS) is 10.6. The Labute approximate surface area is 167 Å². The fourth-order valence-corrected chi connectivity index (χ4v) is 3.02. The standard InChI is InChI=1S/C18H14F3N5O2S/c19-12-6-7-13(17(21)16(12)20)24-14(27)8-22-15(28)9-29-18-25-23-10-26(18)11-4-2-1-3-5-11/h1-7,10H,8-9H2,(H,22,28)(H,24,27). The number of rotatable bonds is 7. The van der Waals surface area contributed by atoms with E-state index >= 15 is 0 Å². The van der Waals surface area contributed by atoms with Gasteiger partial charge in [0.15, 0.2) is 22.6 Å². The van der Waals surface area contributed by atoms with Crippen LogP contribution in [0.2, 0.25) is 0 Å². The van der Waals surface area contributed by atoms with Crippen LogP contribution in [0.4, 0.5) is 18.9 Å². The molecule has 1 heterocycles. The largest absolute Gasteiger partial charge is 0.346 e. The van der Waals surface area contributed by atoms with Gasteiger partial charge in [-0.2, -0.15) is 0 Å². The van der Waals surface area contributed by atoms with Crippen LogP contribution in [0.1, 0.15) is 0 Å². The maximum Gasteiger partial charge on any atom is 0.243 e. The van der Waals surface area contributed by atoms with Gasteiger partial charge in [0.05, 0.1) is 18.0 Å². The van der Waals surface area contributed by atoms with Crippen molar-refractivity contribution in [2.45, 2.75) is 5.16 Å².